The van der Waals surface area contributed by atoms with Crippen LogP contribution in [-0.4, -0.2) is 69.1 Å². The summed E-state index contributed by atoms with van der Waals surface area (Å²) in [5.74, 6) is -0.214. The van der Waals surface area contributed by atoms with E-state index in [1.165, 1.54) is 10.9 Å². The van der Waals surface area contributed by atoms with Gasteiger partial charge in [-0.1, -0.05) is 24.3 Å². The van der Waals surface area contributed by atoms with E-state index in [-0.39, 0.29) is 23.9 Å². The second kappa shape index (κ2) is 7.77. The van der Waals surface area contributed by atoms with E-state index in [0.29, 0.717) is 26.2 Å². The van der Waals surface area contributed by atoms with Crippen molar-refractivity contribution < 1.29 is 13.9 Å². The molecular formula is C22H24FN5O2. The Morgan fingerprint density at radius 1 is 1.07 bits per heavy atom. The normalized spacial score (nSPS) is 22.2. The van der Waals surface area contributed by atoms with Crippen molar-refractivity contribution in [1.82, 2.24) is 24.8 Å². The van der Waals surface area contributed by atoms with Crippen molar-refractivity contribution in [3.63, 3.8) is 0 Å². The standard InChI is InChI=1S/C22H24FN5O2/c23-18-5-3-4-17(12-18)13-26-9-8-22(15-26)16-27(10-11-30-22)21(29)14-28-24-19-6-1-2-7-20(19)25-28/h1-7,12H,8-11,13-16H2. The molecule has 0 radical (unpaired) electrons. The van der Waals surface area contributed by atoms with Crippen LogP contribution in [0.4, 0.5) is 4.39 Å². The summed E-state index contributed by atoms with van der Waals surface area (Å²) >= 11 is 0. The highest BCUT2D eigenvalue weighted by molar-refractivity contribution is 5.77. The van der Waals surface area contributed by atoms with Crippen molar-refractivity contribution in [2.24, 2.45) is 0 Å². The Morgan fingerprint density at radius 2 is 1.87 bits per heavy atom. The Labute approximate surface area is 174 Å². The minimum absolute atomic E-state index is 0.00145. The van der Waals surface area contributed by atoms with E-state index < -0.39 is 0 Å². The number of ether oxygens (including phenoxy) is 1. The van der Waals surface area contributed by atoms with Crippen molar-refractivity contribution >= 4 is 16.9 Å². The van der Waals surface area contributed by atoms with Gasteiger partial charge in [0.25, 0.3) is 0 Å². The molecule has 2 fully saturated rings. The molecule has 1 aromatic heterocycles. The zero-order valence-electron chi connectivity index (χ0n) is 16.7. The molecule has 3 aromatic rings. The number of amides is 1. The van der Waals surface area contributed by atoms with E-state index in [4.69, 9.17) is 4.74 Å². The molecule has 30 heavy (non-hydrogen) atoms. The second-order valence-corrected chi connectivity index (χ2v) is 8.16. The van der Waals surface area contributed by atoms with Crippen molar-refractivity contribution in [2.45, 2.75) is 25.1 Å². The van der Waals surface area contributed by atoms with Gasteiger partial charge in [-0.05, 0) is 36.2 Å². The fraction of sp³-hybridized carbons (Fsp3) is 0.409. The summed E-state index contributed by atoms with van der Waals surface area (Å²) in [5.41, 5.74) is 2.16. The zero-order valence-corrected chi connectivity index (χ0v) is 16.7. The number of carbonyl (C=O) groups is 1. The molecular weight excluding hydrogens is 385 g/mol. The van der Waals surface area contributed by atoms with E-state index in [1.807, 2.05) is 35.2 Å². The Balaban J connectivity index is 1.22. The van der Waals surface area contributed by atoms with E-state index in [9.17, 15) is 9.18 Å². The van der Waals surface area contributed by atoms with Crippen LogP contribution in [0.2, 0.25) is 0 Å². The Kier molecular flexibility index (Phi) is 4.96. The summed E-state index contributed by atoms with van der Waals surface area (Å²) in [4.78, 5) is 18.5. The molecule has 2 saturated heterocycles. The van der Waals surface area contributed by atoms with Crippen LogP contribution in [0.3, 0.4) is 0 Å². The third kappa shape index (κ3) is 3.93. The first-order chi connectivity index (χ1) is 14.6. The van der Waals surface area contributed by atoms with Crippen LogP contribution in [0.1, 0.15) is 12.0 Å². The van der Waals surface area contributed by atoms with E-state index in [0.717, 1.165) is 36.1 Å². The molecule has 2 aliphatic heterocycles. The van der Waals surface area contributed by atoms with Gasteiger partial charge in [0.05, 0.1) is 18.8 Å². The summed E-state index contributed by atoms with van der Waals surface area (Å²) < 4.78 is 19.6. The highest BCUT2D eigenvalue weighted by Gasteiger charge is 2.43. The number of rotatable bonds is 4. The molecule has 1 unspecified atom stereocenters. The van der Waals surface area contributed by atoms with Gasteiger partial charge in [0.15, 0.2) is 0 Å². The highest BCUT2D eigenvalue weighted by atomic mass is 19.1. The minimum atomic E-state index is -0.358. The molecule has 1 atom stereocenters. The molecule has 0 saturated carbocycles. The quantitative estimate of drug-likeness (QED) is 0.660. The molecule has 156 valence electrons. The van der Waals surface area contributed by atoms with Gasteiger partial charge in [-0.3, -0.25) is 9.69 Å². The van der Waals surface area contributed by atoms with Gasteiger partial charge in [-0.2, -0.15) is 15.0 Å². The summed E-state index contributed by atoms with van der Waals surface area (Å²) in [6.45, 7) is 4.06. The lowest BCUT2D eigenvalue weighted by Gasteiger charge is -2.40. The summed E-state index contributed by atoms with van der Waals surface area (Å²) in [6, 6.07) is 14.3. The van der Waals surface area contributed by atoms with Crippen molar-refractivity contribution in [1.29, 1.82) is 0 Å². The van der Waals surface area contributed by atoms with Crippen LogP contribution in [0, 0.1) is 5.82 Å². The molecule has 1 amide bonds. The van der Waals surface area contributed by atoms with Crippen molar-refractivity contribution in [3.8, 4) is 0 Å². The summed E-state index contributed by atoms with van der Waals surface area (Å²) in [6.07, 6.45) is 0.857. The topological polar surface area (TPSA) is 63.5 Å². The number of hydrogen-bond acceptors (Lipinski definition) is 5. The lowest BCUT2D eigenvalue weighted by atomic mass is 10.0. The van der Waals surface area contributed by atoms with E-state index in [1.54, 1.807) is 12.1 Å². The predicted octanol–water partition coefficient (Wildman–Crippen LogP) is 2.07. The smallest absolute Gasteiger partial charge is 0.246 e. The van der Waals surface area contributed by atoms with Crippen molar-refractivity contribution in [2.75, 3.05) is 32.8 Å². The molecule has 7 nitrogen and oxygen atoms in total. The number of morpholine rings is 1. The van der Waals surface area contributed by atoms with Crippen molar-refractivity contribution in [3.05, 3.63) is 59.9 Å². The van der Waals surface area contributed by atoms with Gasteiger partial charge in [0.2, 0.25) is 5.91 Å². The zero-order chi connectivity index (χ0) is 20.6. The maximum Gasteiger partial charge on any atom is 0.246 e. The molecule has 0 N–H and O–H groups in total. The van der Waals surface area contributed by atoms with Gasteiger partial charge in [-0.25, -0.2) is 4.39 Å². The molecule has 3 heterocycles. The molecule has 2 aromatic carbocycles. The third-order valence-electron chi connectivity index (χ3n) is 5.90. The number of hydrogen-bond donors (Lipinski definition) is 0. The number of carbonyl (C=O) groups excluding carboxylic acids is 1. The van der Waals surface area contributed by atoms with E-state index in [2.05, 4.69) is 15.1 Å². The second-order valence-electron chi connectivity index (χ2n) is 8.16. The van der Waals surface area contributed by atoms with Gasteiger partial charge in [0, 0.05) is 26.2 Å². The monoisotopic (exact) mass is 409 g/mol. The molecule has 2 aliphatic rings. The average Bonchev–Trinajstić information content (AvgIpc) is 3.31. The Hall–Kier alpha value is -2.84. The molecule has 5 rings (SSSR count). The lowest BCUT2D eigenvalue weighted by molar-refractivity contribution is -0.149. The van der Waals surface area contributed by atoms with Crippen LogP contribution in [0.25, 0.3) is 11.0 Å². The van der Waals surface area contributed by atoms with Crippen LogP contribution >= 0.6 is 0 Å². The average molecular weight is 409 g/mol. The van der Waals surface area contributed by atoms with Crippen LogP contribution in [-0.2, 0) is 22.6 Å². The molecule has 0 bridgehead atoms. The summed E-state index contributed by atoms with van der Waals surface area (Å²) in [7, 11) is 0. The first-order valence-corrected chi connectivity index (χ1v) is 10.3. The van der Waals surface area contributed by atoms with Gasteiger partial charge < -0.3 is 9.64 Å². The van der Waals surface area contributed by atoms with Gasteiger partial charge in [-0.15, -0.1) is 0 Å². The lowest BCUT2D eigenvalue weighted by Crippen LogP contribution is -2.55. The fourth-order valence-electron chi connectivity index (χ4n) is 4.46. The Morgan fingerprint density at radius 3 is 2.63 bits per heavy atom. The summed E-state index contributed by atoms with van der Waals surface area (Å²) in [5, 5.41) is 8.78. The minimum Gasteiger partial charge on any atom is -0.370 e. The number of nitrogens with zero attached hydrogens (tertiary/aromatic N) is 5. The Bertz CT molecular complexity index is 1040. The van der Waals surface area contributed by atoms with Crippen LogP contribution < -0.4 is 0 Å². The predicted molar refractivity (Wildman–Crippen MR) is 109 cm³/mol. The highest BCUT2D eigenvalue weighted by Crippen LogP contribution is 2.30. The SMILES string of the molecule is O=C(Cn1nc2ccccc2n1)N1CCOC2(CCN(Cc3cccc(F)c3)C2)C1. The number of aromatic nitrogens is 3. The molecule has 0 aliphatic carbocycles. The number of benzene rings is 2. The van der Waals surface area contributed by atoms with E-state index >= 15 is 0 Å². The van der Waals surface area contributed by atoms with Crippen LogP contribution in [0.15, 0.2) is 48.5 Å². The van der Waals surface area contributed by atoms with Gasteiger partial charge in [0.1, 0.15) is 23.4 Å². The largest absolute Gasteiger partial charge is 0.370 e. The maximum atomic E-state index is 13.5. The molecule has 8 heteroatoms. The maximum absolute atomic E-state index is 13.5. The molecule has 1 spiro atoms. The first-order valence-electron chi connectivity index (χ1n) is 10.3. The number of likely N-dealkylation sites (tertiary alicyclic amines) is 1. The van der Waals surface area contributed by atoms with Crippen LogP contribution in [0.5, 0.6) is 0 Å². The first kappa shape index (κ1) is 19.1. The third-order valence-corrected chi connectivity index (χ3v) is 5.90. The fourth-order valence-corrected chi connectivity index (χ4v) is 4.46. The number of halogens is 1. The number of fused-ring (bicyclic) bond motifs is 1. The van der Waals surface area contributed by atoms with Gasteiger partial charge >= 0.3 is 0 Å².